The molecule has 0 amide bonds. The van der Waals surface area contributed by atoms with Crippen molar-refractivity contribution >= 4 is 18.5 Å². The lowest BCUT2D eigenvalue weighted by atomic mass is 9.82. The summed E-state index contributed by atoms with van der Waals surface area (Å²) < 4.78 is 45.5. The van der Waals surface area contributed by atoms with E-state index >= 15 is 0 Å². The summed E-state index contributed by atoms with van der Waals surface area (Å²) in [6.07, 6.45) is 4.18. The second-order valence-corrected chi connectivity index (χ2v) is 8.57. The highest BCUT2D eigenvalue weighted by atomic mass is 19.1. The predicted molar refractivity (Wildman–Crippen MR) is 116 cm³/mol. The average molecular weight is 430 g/mol. The lowest BCUT2D eigenvalue weighted by molar-refractivity contribution is -0.0893. The van der Waals surface area contributed by atoms with E-state index in [2.05, 4.69) is 4.98 Å². The molecule has 5 nitrogen and oxygen atoms in total. The van der Waals surface area contributed by atoms with Crippen molar-refractivity contribution in [3.05, 3.63) is 52.9 Å². The minimum absolute atomic E-state index is 0.0272. The molecule has 1 aromatic carbocycles. The van der Waals surface area contributed by atoms with E-state index in [0.29, 0.717) is 11.9 Å². The molecule has 1 aromatic heterocycles. The fourth-order valence-electron chi connectivity index (χ4n) is 3.15. The van der Waals surface area contributed by atoms with Gasteiger partial charge in [-0.3, -0.25) is 4.98 Å². The van der Waals surface area contributed by atoms with Crippen LogP contribution in [0.3, 0.4) is 0 Å². The van der Waals surface area contributed by atoms with Crippen LogP contribution < -0.4 is 14.9 Å². The molecule has 1 radical (unpaired) electrons. The maximum atomic E-state index is 14.8. The number of allylic oxidation sites excluding steroid dienone is 2. The van der Waals surface area contributed by atoms with Crippen molar-refractivity contribution in [2.45, 2.75) is 51.7 Å². The molecule has 0 aliphatic heterocycles. The van der Waals surface area contributed by atoms with Gasteiger partial charge in [0.2, 0.25) is 0 Å². The summed E-state index contributed by atoms with van der Waals surface area (Å²) in [6.45, 7) is 6.93. The van der Waals surface area contributed by atoms with Crippen molar-refractivity contribution in [1.82, 2.24) is 4.98 Å². The molecular weight excluding hydrogens is 403 g/mol. The van der Waals surface area contributed by atoms with Gasteiger partial charge in [-0.2, -0.15) is 0 Å². The van der Waals surface area contributed by atoms with Crippen LogP contribution in [0.2, 0.25) is 0 Å². The van der Waals surface area contributed by atoms with Gasteiger partial charge in [0.05, 0.1) is 31.1 Å². The third-order valence-electron chi connectivity index (χ3n) is 5.87. The summed E-state index contributed by atoms with van der Waals surface area (Å²) in [5, 5.41) is 10.3. The number of pyridine rings is 1. The van der Waals surface area contributed by atoms with Crippen LogP contribution in [-0.4, -0.2) is 43.0 Å². The maximum Gasteiger partial charge on any atom is 0.332 e. The number of hydrogen-bond donors (Lipinski definition) is 1. The number of benzene rings is 1. The fourth-order valence-corrected chi connectivity index (χ4v) is 3.15. The van der Waals surface area contributed by atoms with Gasteiger partial charge in [0.15, 0.2) is 23.1 Å². The molecule has 0 spiro atoms. The minimum atomic E-state index is -1.06. The molecule has 8 heteroatoms. The summed E-state index contributed by atoms with van der Waals surface area (Å²) in [5.41, 5.74) is 1.07. The van der Waals surface area contributed by atoms with Crippen LogP contribution in [0.1, 0.15) is 44.5 Å². The van der Waals surface area contributed by atoms with Gasteiger partial charge in [0, 0.05) is 30.7 Å². The van der Waals surface area contributed by atoms with Crippen LogP contribution in [-0.2, 0) is 17.5 Å². The Morgan fingerprint density at radius 2 is 1.68 bits per heavy atom. The molecule has 165 valence electrons. The molecule has 0 fully saturated rings. The zero-order chi connectivity index (χ0) is 23.0. The van der Waals surface area contributed by atoms with E-state index in [1.165, 1.54) is 27.8 Å². The zero-order valence-electron chi connectivity index (χ0n) is 18.7. The van der Waals surface area contributed by atoms with Crippen LogP contribution in [0, 0.1) is 11.6 Å². The average Bonchev–Trinajstić information content (AvgIpc) is 3.11. The number of methoxy groups -OCH3 is 2. The Balaban J connectivity index is 1.87. The Bertz CT molecular complexity index is 987. The van der Waals surface area contributed by atoms with E-state index in [-0.39, 0.29) is 23.5 Å². The molecule has 2 aromatic rings. The molecule has 31 heavy (non-hydrogen) atoms. The van der Waals surface area contributed by atoms with Gasteiger partial charge >= 0.3 is 7.48 Å². The minimum Gasteiger partial charge on any atom is -0.494 e. The monoisotopic (exact) mass is 430 g/mol. The van der Waals surface area contributed by atoms with Gasteiger partial charge in [-0.05, 0) is 44.3 Å². The number of halogens is 2. The normalized spacial score (nSPS) is 13.6. The lowest BCUT2D eigenvalue weighted by Crippen LogP contribution is -2.49. The second kappa shape index (κ2) is 8.59. The van der Waals surface area contributed by atoms with Gasteiger partial charge in [-0.1, -0.05) is 12.1 Å². The smallest absolute Gasteiger partial charge is 0.332 e. The third kappa shape index (κ3) is 4.60. The number of aliphatic hydroxyl groups is 1. The van der Waals surface area contributed by atoms with E-state index in [1.54, 1.807) is 33.9 Å². The van der Waals surface area contributed by atoms with E-state index in [0.717, 1.165) is 16.8 Å². The number of hydrogen-bond acceptors (Lipinski definition) is 5. The zero-order valence-corrected chi connectivity index (χ0v) is 18.7. The number of rotatable bonds is 8. The molecule has 3 rings (SSSR count). The van der Waals surface area contributed by atoms with Crippen LogP contribution in [0.15, 0.2) is 24.4 Å². The highest BCUT2D eigenvalue weighted by molar-refractivity contribution is 6.47. The van der Waals surface area contributed by atoms with Crippen molar-refractivity contribution in [2.75, 3.05) is 14.2 Å². The molecule has 1 heterocycles. The Morgan fingerprint density at radius 3 is 2.23 bits per heavy atom. The number of fused-ring (bicyclic) bond motifs is 1. The van der Waals surface area contributed by atoms with Crippen molar-refractivity contribution in [3.8, 4) is 11.5 Å². The first-order valence-electron chi connectivity index (χ1n) is 9.99. The Labute approximate surface area is 182 Å². The molecule has 0 atom stereocenters. The summed E-state index contributed by atoms with van der Waals surface area (Å²) in [7, 11) is 4.19. The highest BCUT2D eigenvalue weighted by Gasteiger charge is 2.36. The SMILES string of the molecule is COc1cc(OC)c(F)c(CC2=CCc3ncc([B]OC(C)(C)C(C)(C)O)cc32)c1F. The number of aromatic nitrogens is 1. The molecule has 1 N–H and O–H groups in total. The lowest BCUT2D eigenvalue weighted by Gasteiger charge is -2.37. The van der Waals surface area contributed by atoms with Crippen LogP contribution in [0.5, 0.6) is 11.5 Å². The summed E-state index contributed by atoms with van der Waals surface area (Å²) in [4.78, 5) is 4.46. The third-order valence-corrected chi connectivity index (χ3v) is 5.87. The van der Waals surface area contributed by atoms with Crippen LogP contribution in [0.25, 0.3) is 5.57 Å². The molecule has 1 aliphatic rings. The number of nitrogens with zero attached hydrogens (tertiary/aromatic N) is 1. The first-order valence-corrected chi connectivity index (χ1v) is 9.99. The molecule has 0 saturated carbocycles. The predicted octanol–water partition coefficient (Wildman–Crippen LogP) is 3.37. The van der Waals surface area contributed by atoms with Crippen molar-refractivity contribution in [3.63, 3.8) is 0 Å². The largest absolute Gasteiger partial charge is 0.494 e. The van der Waals surface area contributed by atoms with E-state index in [1.807, 2.05) is 12.1 Å². The number of ether oxygens (including phenoxy) is 2. The Morgan fingerprint density at radius 1 is 1.06 bits per heavy atom. The van der Waals surface area contributed by atoms with Gasteiger partial charge in [0.1, 0.15) is 0 Å². The summed E-state index contributed by atoms with van der Waals surface area (Å²) in [5.74, 6) is -1.65. The van der Waals surface area contributed by atoms with Gasteiger partial charge < -0.3 is 19.2 Å². The first-order chi connectivity index (χ1) is 14.5. The first kappa shape index (κ1) is 23.2. The van der Waals surface area contributed by atoms with Gasteiger partial charge in [-0.25, -0.2) is 8.78 Å². The van der Waals surface area contributed by atoms with Crippen molar-refractivity contribution in [1.29, 1.82) is 0 Å². The second-order valence-electron chi connectivity index (χ2n) is 8.57. The van der Waals surface area contributed by atoms with Gasteiger partial charge in [0.25, 0.3) is 0 Å². The highest BCUT2D eigenvalue weighted by Crippen LogP contribution is 2.36. The standard InChI is InChI=1S/C23H27BF2NO4/c1-22(2,28)23(3,4)31-24-14-10-15-13(7-8-17(15)27-12-14)9-16-20(25)18(29-5)11-19(30-6)21(16)26/h7,10-12,28H,8-9H2,1-6H3. The summed E-state index contributed by atoms with van der Waals surface area (Å²) >= 11 is 0. The van der Waals surface area contributed by atoms with E-state index < -0.39 is 22.8 Å². The topological polar surface area (TPSA) is 60.8 Å². The molecule has 1 aliphatic carbocycles. The molecular formula is C23H27BF2NO4. The van der Waals surface area contributed by atoms with Crippen molar-refractivity contribution < 1.29 is 28.0 Å². The quantitative estimate of drug-likeness (QED) is 0.651. The van der Waals surface area contributed by atoms with E-state index in [4.69, 9.17) is 14.1 Å². The van der Waals surface area contributed by atoms with E-state index in [9.17, 15) is 13.9 Å². The van der Waals surface area contributed by atoms with Gasteiger partial charge in [-0.15, -0.1) is 0 Å². The maximum absolute atomic E-state index is 14.8. The van der Waals surface area contributed by atoms with Crippen LogP contribution >= 0.6 is 0 Å². The molecule has 0 bridgehead atoms. The van der Waals surface area contributed by atoms with Crippen LogP contribution in [0.4, 0.5) is 8.78 Å². The molecule has 0 unspecified atom stereocenters. The Kier molecular flexibility index (Phi) is 6.44. The molecule has 0 saturated heterocycles. The Hall–Kier alpha value is -2.45. The summed E-state index contributed by atoms with van der Waals surface area (Å²) in [6, 6.07) is 3.07. The fraction of sp³-hybridized carbons (Fsp3) is 0.435. The van der Waals surface area contributed by atoms with Crippen molar-refractivity contribution in [2.24, 2.45) is 0 Å².